The number of hydrogen-bond donors (Lipinski definition) is 0. The standard InChI is InChI=1S/C12H24BrCl/c1-2-3-4-5-6-7-8-9-10-12(14)11-13/h12H,2-11H2,1H3/t12-/m1/s1. The van der Waals surface area contributed by atoms with E-state index in [2.05, 4.69) is 22.9 Å². The molecule has 0 rings (SSSR count). The second kappa shape index (κ2) is 11.8. The minimum Gasteiger partial charge on any atom is -0.122 e. The predicted molar refractivity (Wildman–Crippen MR) is 70.7 cm³/mol. The molecular weight excluding hydrogens is 259 g/mol. The largest absolute Gasteiger partial charge is 0.122 e. The molecule has 0 aliphatic rings. The highest BCUT2D eigenvalue weighted by Gasteiger charge is 2.00. The number of unbranched alkanes of at least 4 members (excludes halogenated alkanes) is 7. The van der Waals surface area contributed by atoms with E-state index in [4.69, 9.17) is 11.6 Å². The van der Waals surface area contributed by atoms with Gasteiger partial charge in [0.15, 0.2) is 0 Å². The van der Waals surface area contributed by atoms with Crippen molar-refractivity contribution in [1.29, 1.82) is 0 Å². The van der Waals surface area contributed by atoms with Crippen LogP contribution in [0, 0.1) is 0 Å². The fraction of sp³-hybridized carbons (Fsp3) is 1.00. The van der Waals surface area contributed by atoms with E-state index in [0.717, 1.165) is 5.33 Å². The summed E-state index contributed by atoms with van der Waals surface area (Å²) in [6.45, 7) is 2.26. The van der Waals surface area contributed by atoms with Crippen LogP contribution in [0.1, 0.15) is 64.7 Å². The van der Waals surface area contributed by atoms with Gasteiger partial charge in [-0.1, -0.05) is 74.2 Å². The molecule has 0 aromatic heterocycles. The molecule has 2 heteroatoms. The summed E-state index contributed by atoms with van der Waals surface area (Å²) in [5.74, 6) is 0. The number of hydrogen-bond acceptors (Lipinski definition) is 0. The Hall–Kier alpha value is 0.770. The second-order valence-electron chi connectivity index (χ2n) is 4.02. The Labute approximate surface area is 103 Å². The van der Waals surface area contributed by atoms with Gasteiger partial charge in [0.05, 0.1) is 0 Å². The second-order valence-corrected chi connectivity index (χ2v) is 5.28. The minimum atomic E-state index is 0.343. The fourth-order valence-electron chi connectivity index (χ4n) is 1.58. The van der Waals surface area contributed by atoms with E-state index in [-0.39, 0.29) is 0 Å². The normalized spacial score (nSPS) is 13.1. The minimum absolute atomic E-state index is 0.343. The van der Waals surface area contributed by atoms with Gasteiger partial charge in [0.2, 0.25) is 0 Å². The molecule has 0 unspecified atom stereocenters. The lowest BCUT2D eigenvalue weighted by molar-refractivity contribution is 0.564. The lowest BCUT2D eigenvalue weighted by atomic mass is 10.1. The van der Waals surface area contributed by atoms with E-state index >= 15 is 0 Å². The lowest BCUT2D eigenvalue weighted by Crippen LogP contribution is -1.98. The molecule has 0 saturated carbocycles. The molecular formula is C12H24BrCl. The van der Waals surface area contributed by atoms with Crippen molar-refractivity contribution in [3.05, 3.63) is 0 Å². The van der Waals surface area contributed by atoms with Crippen LogP contribution >= 0.6 is 27.5 Å². The zero-order valence-electron chi connectivity index (χ0n) is 9.40. The first-order chi connectivity index (χ1) is 6.81. The average molecular weight is 284 g/mol. The van der Waals surface area contributed by atoms with Crippen molar-refractivity contribution in [2.75, 3.05) is 5.33 Å². The van der Waals surface area contributed by atoms with Crippen LogP contribution in [0.2, 0.25) is 0 Å². The Balaban J connectivity index is 2.92. The molecule has 0 radical (unpaired) electrons. The topological polar surface area (TPSA) is 0 Å². The monoisotopic (exact) mass is 282 g/mol. The van der Waals surface area contributed by atoms with Crippen LogP contribution in [0.25, 0.3) is 0 Å². The van der Waals surface area contributed by atoms with E-state index in [9.17, 15) is 0 Å². The van der Waals surface area contributed by atoms with Crippen LogP contribution in [-0.2, 0) is 0 Å². The first kappa shape index (κ1) is 14.8. The summed E-state index contributed by atoms with van der Waals surface area (Å²) >= 11 is 9.39. The van der Waals surface area contributed by atoms with Gasteiger partial charge in [0.1, 0.15) is 0 Å². The summed E-state index contributed by atoms with van der Waals surface area (Å²) in [5, 5.41) is 1.28. The average Bonchev–Trinajstić information content (AvgIpc) is 2.21. The summed E-state index contributed by atoms with van der Waals surface area (Å²) in [6.07, 6.45) is 12.3. The van der Waals surface area contributed by atoms with Crippen molar-refractivity contribution in [3.63, 3.8) is 0 Å². The Bertz CT molecular complexity index is 106. The highest BCUT2D eigenvalue weighted by atomic mass is 79.9. The van der Waals surface area contributed by atoms with Crippen LogP contribution in [-0.4, -0.2) is 10.7 Å². The summed E-state index contributed by atoms with van der Waals surface area (Å²) in [4.78, 5) is 0. The van der Waals surface area contributed by atoms with Gasteiger partial charge in [-0.05, 0) is 6.42 Å². The summed E-state index contributed by atoms with van der Waals surface area (Å²) in [7, 11) is 0. The van der Waals surface area contributed by atoms with E-state index in [1.165, 1.54) is 57.8 Å². The van der Waals surface area contributed by atoms with Gasteiger partial charge in [-0.3, -0.25) is 0 Å². The molecule has 0 amide bonds. The maximum absolute atomic E-state index is 6.00. The Kier molecular flexibility index (Phi) is 12.5. The van der Waals surface area contributed by atoms with Gasteiger partial charge in [0.25, 0.3) is 0 Å². The van der Waals surface area contributed by atoms with Gasteiger partial charge >= 0.3 is 0 Å². The third-order valence-electron chi connectivity index (χ3n) is 2.54. The zero-order valence-corrected chi connectivity index (χ0v) is 11.7. The molecule has 0 aromatic carbocycles. The highest BCUT2D eigenvalue weighted by Crippen LogP contribution is 2.13. The van der Waals surface area contributed by atoms with E-state index < -0.39 is 0 Å². The molecule has 0 heterocycles. The van der Waals surface area contributed by atoms with Crippen LogP contribution in [0.3, 0.4) is 0 Å². The smallest absolute Gasteiger partial charge is 0.0432 e. The SMILES string of the molecule is CCCCCCCCCC[C@@H](Cl)CBr. The van der Waals surface area contributed by atoms with Crippen LogP contribution in [0.15, 0.2) is 0 Å². The van der Waals surface area contributed by atoms with Crippen molar-refractivity contribution in [2.45, 2.75) is 70.1 Å². The van der Waals surface area contributed by atoms with Gasteiger partial charge in [-0.25, -0.2) is 0 Å². The van der Waals surface area contributed by atoms with Crippen molar-refractivity contribution < 1.29 is 0 Å². The molecule has 1 atom stereocenters. The third-order valence-corrected chi connectivity index (χ3v) is 4.07. The Morgan fingerprint density at radius 1 is 0.929 bits per heavy atom. The highest BCUT2D eigenvalue weighted by molar-refractivity contribution is 9.09. The molecule has 0 nitrogen and oxygen atoms in total. The fourth-order valence-corrected chi connectivity index (χ4v) is 2.05. The molecule has 86 valence electrons. The number of halogens is 2. The molecule has 0 N–H and O–H groups in total. The molecule has 0 bridgehead atoms. The molecule has 0 aliphatic heterocycles. The first-order valence-electron chi connectivity index (χ1n) is 6.01. The molecule has 0 spiro atoms. The van der Waals surface area contributed by atoms with Crippen molar-refractivity contribution >= 4 is 27.5 Å². The molecule has 0 fully saturated rings. The Morgan fingerprint density at radius 2 is 1.43 bits per heavy atom. The molecule has 0 aliphatic carbocycles. The van der Waals surface area contributed by atoms with Gasteiger partial charge < -0.3 is 0 Å². The molecule has 0 aromatic rings. The van der Waals surface area contributed by atoms with Crippen LogP contribution in [0.4, 0.5) is 0 Å². The molecule has 0 saturated heterocycles. The number of rotatable bonds is 10. The third kappa shape index (κ3) is 10.8. The summed E-state index contributed by atoms with van der Waals surface area (Å²) < 4.78 is 0. The van der Waals surface area contributed by atoms with E-state index in [1.54, 1.807) is 0 Å². The maximum Gasteiger partial charge on any atom is 0.0432 e. The van der Waals surface area contributed by atoms with Gasteiger partial charge in [0, 0.05) is 10.7 Å². The van der Waals surface area contributed by atoms with Crippen molar-refractivity contribution in [3.8, 4) is 0 Å². The van der Waals surface area contributed by atoms with Crippen LogP contribution < -0.4 is 0 Å². The summed E-state index contributed by atoms with van der Waals surface area (Å²) in [6, 6.07) is 0. The predicted octanol–water partition coefficient (Wildman–Crippen LogP) is 5.52. The first-order valence-corrected chi connectivity index (χ1v) is 7.57. The zero-order chi connectivity index (χ0) is 10.6. The van der Waals surface area contributed by atoms with E-state index in [0.29, 0.717) is 5.38 Å². The van der Waals surface area contributed by atoms with Crippen molar-refractivity contribution in [1.82, 2.24) is 0 Å². The lowest BCUT2D eigenvalue weighted by Gasteiger charge is -2.04. The quantitative estimate of drug-likeness (QED) is 0.366. The van der Waals surface area contributed by atoms with Gasteiger partial charge in [-0.15, -0.1) is 11.6 Å². The Morgan fingerprint density at radius 3 is 1.93 bits per heavy atom. The van der Waals surface area contributed by atoms with E-state index in [1.807, 2.05) is 0 Å². The summed E-state index contributed by atoms with van der Waals surface area (Å²) in [5.41, 5.74) is 0. The van der Waals surface area contributed by atoms with Crippen molar-refractivity contribution in [2.24, 2.45) is 0 Å². The number of alkyl halides is 2. The van der Waals surface area contributed by atoms with Crippen LogP contribution in [0.5, 0.6) is 0 Å². The van der Waals surface area contributed by atoms with Gasteiger partial charge in [-0.2, -0.15) is 0 Å². The maximum atomic E-state index is 6.00. The molecule has 14 heavy (non-hydrogen) atoms.